The third-order valence-electron chi connectivity index (χ3n) is 3.74. The molecule has 0 aliphatic carbocycles. The highest BCUT2D eigenvalue weighted by molar-refractivity contribution is 5.82. The smallest absolute Gasteiger partial charge is 0.330 e. The summed E-state index contributed by atoms with van der Waals surface area (Å²) >= 11 is 0. The summed E-state index contributed by atoms with van der Waals surface area (Å²) < 4.78 is 1.82. The van der Waals surface area contributed by atoms with Crippen molar-refractivity contribution in [1.29, 1.82) is 0 Å². The lowest BCUT2D eigenvalue weighted by atomic mass is 9.88. The molecule has 0 bridgehead atoms. The van der Waals surface area contributed by atoms with E-state index in [9.17, 15) is 9.90 Å². The number of imidazole rings is 1. The summed E-state index contributed by atoms with van der Waals surface area (Å²) in [6.07, 6.45) is 2.83. The Morgan fingerprint density at radius 3 is 2.78 bits per heavy atom. The molecule has 0 spiro atoms. The summed E-state index contributed by atoms with van der Waals surface area (Å²) in [5.74, 6) is -0.771. The van der Waals surface area contributed by atoms with Crippen molar-refractivity contribution in [2.75, 3.05) is 13.1 Å². The van der Waals surface area contributed by atoms with E-state index in [1.165, 1.54) is 0 Å². The number of aromatic nitrogens is 2. The number of nitrogens with one attached hydrogen (secondary N) is 1. The molecule has 0 amide bonds. The van der Waals surface area contributed by atoms with Crippen LogP contribution in [0.15, 0.2) is 30.6 Å². The fourth-order valence-electron chi connectivity index (χ4n) is 2.70. The van der Waals surface area contributed by atoms with Gasteiger partial charge in [0, 0.05) is 0 Å². The van der Waals surface area contributed by atoms with Crippen LogP contribution >= 0.6 is 0 Å². The van der Waals surface area contributed by atoms with Crippen molar-refractivity contribution in [1.82, 2.24) is 14.9 Å². The van der Waals surface area contributed by atoms with Crippen LogP contribution in [0.25, 0.3) is 11.0 Å². The van der Waals surface area contributed by atoms with E-state index in [4.69, 9.17) is 0 Å². The van der Waals surface area contributed by atoms with E-state index in [2.05, 4.69) is 10.3 Å². The molecule has 1 aliphatic heterocycles. The summed E-state index contributed by atoms with van der Waals surface area (Å²) in [6.45, 7) is 1.44. The molecule has 1 aliphatic rings. The zero-order valence-corrected chi connectivity index (χ0v) is 9.97. The Labute approximate surface area is 104 Å². The van der Waals surface area contributed by atoms with Crippen LogP contribution in [-0.4, -0.2) is 33.7 Å². The highest BCUT2D eigenvalue weighted by Gasteiger charge is 2.42. The molecule has 1 fully saturated rings. The van der Waals surface area contributed by atoms with Crippen LogP contribution < -0.4 is 5.32 Å². The largest absolute Gasteiger partial charge is 0.479 e. The molecule has 1 saturated heterocycles. The third kappa shape index (κ3) is 1.51. The summed E-state index contributed by atoms with van der Waals surface area (Å²) in [6, 6.07) is 7.66. The molecule has 2 N–H and O–H groups in total. The van der Waals surface area contributed by atoms with Gasteiger partial charge >= 0.3 is 5.97 Å². The van der Waals surface area contributed by atoms with Crippen LogP contribution in [0, 0.1) is 0 Å². The predicted molar refractivity (Wildman–Crippen MR) is 67.4 cm³/mol. The number of fused-ring (bicyclic) bond motifs is 1. The van der Waals surface area contributed by atoms with E-state index in [1.807, 2.05) is 28.8 Å². The van der Waals surface area contributed by atoms with Gasteiger partial charge in [-0.1, -0.05) is 12.1 Å². The lowest BCUT2D eigenvalue weighted by Gasteiger charge is -2.35. The van der Waals surface area contributed by atoms with E-state index in [0.29, 0.717) is 12.8 Å². The topological polar surface area (TPSA) is 67.1 Å². The zero-order chi connectivity index (χ0) is 12.6. The van der Waals surface area contributed by atoms with Gasteiger partial charge in [0.1, 0.15) is 5.54 Å². The molecule has 2 heterocycles. The van der Waals surface area contributed by atoms with E-state index in [1.54, 1.807) is 6.33 Å². The Morgan fingerprint density at radius 2 is 2.06 bits per heavy atom. The number of hydrogen-bond acceptors (Lipinski definition) is 3. The molecule has 18 heavy (non-hydrogen) atoms. The third-order valence-corrected chi connectivity index (χ3v) is 3.74. The number of rotatable bonds is 2. The molecule has 0 saturated carbocycles. The molecule has 1 aromatic carbocycles. The SMILES string of the molecule is O=C(O)C1(n2cnc3ccccc32)CCNCC1. The average molecular weight is 245 g/mol. The fraction of sp³-hybridized carbons (Fsp3) is 0.385. The molecule has 94 valence electrons. The van der Waals surface area contributed by atoms with Gasteiger partial charge in [0.05, 0.1) is 17.4 Å². The number of piperidine rings is 1. The lowest BCUT2D eigenvalue weighted by Crippen LogP contribution is -2.49. The Bertz CT molecular complexity index is 585. The van der Waals surface area contributed by atoms with E-state index in [0.717, 1.165) is 24.1 Å². The predicted octanol–water partition coefficient (Wildman–Crippen LogP) is 1.20. The number of benzene rings is 1. The Hall–Kier alpha value is -1.88. The average Bonchev–Trinajstić information content (AvgIpc) is 2.83. The molecule has 5 heteroatoms. The van der Waals surface area contributed by atoms with Crippen LogP contribution in [0.3, 0.4) is 0 Å². The first-order chi connectivity index (χ1) is 8.74. The number of carboxylic acids is 1. The van der Waals surface area contributed by atoms with Crippen LogP contribution in [0.5, 0.6) is 0 Å². The minimum atomic E-state index is -0.860. The second kappa shape index (κ2) is 4.10. The number of carboxylic acid groups (broad SMARTS) is 1. The summed E-state index contributed by atoms with van der Waals surface area (Å²) in [7, 11) is 0. The molecule has 0 radical (unpaired) electrons. The van der Waals surface area contributed by atoms with Crippen LogP contribution in [0.4, 0.5) is 0 Å². The van der Waals surface area contributed by atoms with E-state index in [-0.39, 0.29) is 0 Å². The molecule has 1 aromatic heterocycles. The summed E-state index contributed by atoms with van der Waals surface area (Å²) in [4.78, 5) is 16.0. The maximum atomic E-state index is 11.7. The minimum Gasteiger partial charge on any atom is -0.479 e. The quantitative estimate of drug-likeness (QED) is 0.834. The summed E-state index contributed by atoms with van der Waals surface area (Å²) in [5, 5.41) is 12.9. The molecule has 0 unspecified atom stereocenters. The van der Waals surface area contributed by atoms with E-state index >= 15 is 0 Å². The monoisotopic (exact) mass is 245 g/mol. The number of aliphatic carboxylic acids is 1. The maximum Gasteiger partial charge on any atom is 0.330 e. The number of nitrogens with zero attached hydrogens (tertiary/aromatic N) is 2. The van der Waals surface area contributed by atoms with Gasteiger partial charge in [0.25, 0.3) is 0 Å². The molecule has 3 rings (SSSR count). The van der Waals surface area contributed by atoms with Crippen molar-refractivity contribution >= 4 is 17.0 Å². The first kappa shape index (κ1) is 11.2. The van der Waals surface area contributed by atoms with Crippen molar-refractivity contribution in [2.45, 2.75) is 18.4 Å². The maximum absolute atomic E-state index is 11.7. The lowest BCUT2D eigenvalue weighted by molar-refractivity contribution is -0.148. The van der Waals surface area contributed by atoms with Crippen LogP contribution in [-0.2, 0) is 10.3 Å². The zero-order valence-electron chi connectivity index (χ0n) is 9.97. The first-order valence-electron chi connectivity index (χ1n) is 6.11. The number of para-hydroxylation sites is 2. The van der Waals surface area contributed by atoms with Gasteiger partial charge in [-0.15, -0.1) is 0 Å². The molecular weight excluding hydrogens is 230 g/mol. The van der Waals surface area contributed by atoms with Gasteiger partial charge in [-0.3, -0.25) is 0 Å². The van der Waals surface area contributed by atoms with Gasteiger partial charge < -0.3 is 15.0 Å². The van der Waals surface area contributed by atoms with Gasteiger partial charge in [-0.05, 0) is 38.1 Å². The van der Waals surface area contributed by atoms with Crippen molar-refractivity contribution in [3.05, 3.63) is 30.6 Å². The number of carbonyl (C=O) groups is 1. The van der Waals surface area contributed by atoms with Gasteiger partial charge in [-0.25, -0.2) is 9.78 Å². The van der Waals surface area contributed by atoms with Crippen LogP contribution in [0.2, 0.25) is 0 Å². The minimum absolute atomic E-state index is 0.586. The Balaban J connectivity index is 2.18. The molecular formula is C13H15N3O2. The fourth-order valence-corrected chi connectivity index (χ4v) is 2.70. The van der Waals surface area contributed by atoms with E-state index < -0.39 is 11.5 Å². The number of hydrogen-bond donors (Lipinski definition) is 2. The van der Waals surface area contributed by atoms with Gasteiger partial charge in [0.2, 0.25) is 0 Å². The second-order valence-corrected chi connectivity index (χ2v) is 4.69. The molecule has 2 aromatic rings. The van der Waals surface area contributed by atoms with Gasteiger partial charge in [0.15, 0.2) is 0 Å². The second-order valence-electron chi connectivity index (χ2n) is 4.69. The standard InChI is InChI=1S/C13H15N3O2/c17-12(18)13(5-7-14-8-6-13)16-9-15-10-3-1-2-4-11(10)16/h1-4,9,14H,5-8H2,(H,17,18). The van der Waals surface area contributed by atoms with Crippen molar-refractivity contribution in [3.63, 3.8) is 0 Å². The highest BCUT2D eigenvalue weighted by atomic mass is 16.4. The van der Waals surface area contributed by atoms with Crippen molar-refractivity contribution in [3.8, 4) is 0 Å². The highest BCUT2D eigenvalue weighted by Crippen LogP contribution is 2.31. The Kier molecular flexibility index (Phi) is 2.56. The van der Waals surface area contributed by atoms with Crippen molar-refractivity contribution < 1.29 is 9.90 Å². The van der Waals surface area contributed by atoms with Gasteiger partial charge in [-0.2, -0.15) is 0 Å². The molecule has 0 atom stereocenters. The summed E-state index contributed by atoms with van der Waals surface area (Å²) in [5.41, 5.74) is 0.875. The molecule has 5 nitrogen and oxygen atoms in total. The van der Waals surface area contributed by atoms with Crippen molar-refractivity contribution in [2.24, 2.45) is 0 Å². The first-order valence-corrected chi connectivity index (χ1v) is 6.11. The van der Waals surface area contributed by atoms with Crippen LogP contribution in [0.1, 0.15) is 12.8 Å². The Morgan fingerprint density at radius 1 is 1.33 bits per heavy atom. The normalized spacial score (nSPS) is 18.9.